The molecule has 3 N–H and O–H groups in total. The molecule has 8 heteroatoms. The van der Waals surface area contributed by atoms with E-state index < -0.39 is 5.97 Å². The Morgan fingerprint density at radius 2 is 1.65 bits per heavy atom. The maximum atomic E-state index is 13.5. The molecule has 0 aliphatic heterocycles. The van der Waals surface area contributed by atoms with Crippen LogP contribution in [0.5, 0.6) is 0 Å². The van der Waals surface area contributed by atoms with E-state index in [0.29, 0.717) is 24.0 Å². The van der Waals surface area contributed by atoms with Crippen LogP contribution >= 0.6 is 0 Å². The molecule has 3 atom stereocenters. The third-order valence-electron chi connectivity index (χ3n) is 7.69. The van der Waals surface area contributed by atoms with Crippen LogP contribution in [-0.4, -0.2) is 46.6 Å². The molecule has 0 saturated heterocycles. The number of nitrogens with zero attached hydrogens (tertiary/aromatic N) is 2. The molecule has 1 heterocycles. The van der Waals surface area contributed by atoms with Gasteiger partial charge in [0.25, 0.3) is 0 Å². The van der Waals surface area contributed by atoms with Gasteiger partial charge in [-0.25, -0.2) is 14.3 Å². The van der Waals surface area contributed by atoms with Crippen LogP contribution in [0.25, 0.3) is 16.9 Å². The Morgan fingerprint density at radius 3 is 2.30 bits per heavy atom. The number of rotatable bonds is 9. The number of carbonyl (C=O) groups is 2. The topological polar surface area (TPSA) is 105 Å². The van der Waals surface area contributed by atoms with Gasteiger partial charge in [0.1, 0.15) is 5.82 Å². The minimum Gasteiger partial charge on any atom is -0.478 e. The van der Waals surface area contributed by atoms with Gasteiger partial charge in [0, 0.05) is 36.8 Å². The zero-order chi connectivity index (χ0) is 28.1. The van der Waals surface area contributed by atoms with Gasteiger partial charge in [-0.3, -0.25) is 5.32 Å². The number of ether oxygens (including phenoxy) is 1. The number of nitrogens with one attached hydrogen (secondary N) is 2. The van der Waals surface area contributed by atoms with E-state index in [9.17, 15) is 14.7 Å². The highest BCUT2D eigenvalue weighted by Crippen LogP contribution is 2.40. The molecule has 3 aromatic carbocycles. The number of carbonyl (C=O) groups excluding carboxylic acids is 1. The summed E-state index contributed by atoms with van der Waals surface area (Å²) in [5.74, 6) is 0.262. The number of anilines is 1. The van der Waals surface area contributed by atoms with Gasteiger partial charge in [-0.15, -0.1) is 0 Å². The molecule has 206 valence electrons. The Morgan fingerprint density at radius 1 is 0.975 bits per heavy atom. The molecule has 0 spiro atoms. The largest absolute Gasteiger partial charge is 0.478 e. The van der Waals surface area contributed by atoms with Crippen molar-refractivity contribution in [1.29, 1.82) is 0 Å². The van der Waals surface area contributed by atoms with Crippen molar-refractivity contribution in [1.82, 2.24) is 15.1 Å². The summed E-state index contributed by atoms with van der Waals surface area (Å²) in [5.41, 5.74) is 4.45. The summed E-state index contributed by atoms with van der Waals surface area (Å²) in [6, 6.07) is 26.3. The van der Waals surface area contributed by atoms with Gasteiger partial charge >= 0.3 is 12.0 Å². The van der Waals surface area contributed by atoms with Crippen LogP contribution in [0.15, 0.2) is 84.9 Å². The number of benzene rings is 3. The first-order chi connectivity index (χ1) is 19.4. The van der Waals surface area contributed by atoms with Gasteiger partial charge in [0.15, 0.2) is 0 Å². The quantitative estimate of drug-likeness (QED) is 0.233. The second kappa shape index (κ2) is 12.2. The standard InChI is InChI=1S/C32H34N4O4/c1-21-29(24-13-15-25(16-14-24)31(37)38)35-36(26-11-7-4-8-12-26)30(21)34-32(39)33-28-20-22(17-18-40-2)19-27(28)23-9-5-3-6-10-23/h3-16,22,27-28H,17-20H2,1-2H3,(H,37,38)(H2,33,34,39)/t22?,27-,28+/m0/s1. The van der Waals surface area contributed by atoms with E-state index in [0.717, 1.165) is 36.1 Å². The number of para-hydroxylation sites is 1. The molecule has 0 bridgehead atoms. The number of methoxy groups -OCH3 is 1. The smallest absolute Gasteiger partial charge is 0.335 e. The van der Waals surface area contributed by atoms with E-state index in [4.69, 9.17) is 9.84 Å². The third kappa shape index (κ3) is 5.92. The minimum absolute atomic E-state index is 0.0132. The van der Waals surface area contributed by atoms with E-state index >= 15 is 0 Å². The van der Waals surface area contributed by atoms with Gasteiger partial charge in [-0.2, -0.15) is 5.10 Å². The van der Waals surface area contributed by atoms with Crippen LogP contribution in [0.3, 0.4) is 0 Å². The lowest BCUT2D eigenvalue weighted by atomic mass is 9.93. The van der Waals surface area contributed by atoms with Crippen molar-refractivity contribution in [2.75, 3.05) is 19.0 Å². The highest BCUT2D eigenvalue weighted by atomic mass is 16.5. The van der Waals surface area contributed by atoms with Crippen molar-refractivity contribution in [3.8, 4) is 16.9 Å². The first-order valence-electron chi connectivity index (χ1n) is 13.5. The summed E-state index contributed by atoms with van der Waals surface area (Å²) >= 11 is 0. The van der Waals surface area contributed by atoms with Crippen LogP contribution in [0.1, 0.15) is 46.7 Å². The van der Waals surface area contributed by atoms with Gasteiger partial charge < -0.3 is 15.2 Å². The maximum absolute atomic E-state index is 13.5. The first-order valence-corrected chi connectivity index (χ1v) is 13.5. The lowest BCUT2D eigenvalue weighted by Crippen LogP contribution is -2.40. The summed E-state index contributed by atoms with van der Waals surface area (Å²) in [6.45, 7) is 2.61. The molecule has 2 amide bonds. The van der Waals surface area contributed by atoms with Crippen LogP contribution < -0.4 is 10.6 Å². The van der Waals surface area contributed by atoms with Gasteiger partial charge in [0.05, 0.1) is 16.9 Å². The fraction of sp³-hybridized carbons (Fsp3) is 0.281. The molecule has 4 aromatic rings. The highest BCUT2D eigenvalue weighted by Gasteiger charge is 2.36. The molecule has 8 nitrogen and oxygen atoms in total. The summed E-state index contributed by atoms with van der Waals surface area (Å²) in [7, 11) is 1.72. The molecule has 0 radical (unpaired) electrons. The highest BCUT2D eigenvalue weighted by molar-refractivity contribution is 5.91. The molecule has 1 aliphatic carbocycles. The summed E-state index contributed by atoms with van der Waals surface area (Å²) in [5, 5.41) is 20.5. The average molecular weight is 539 g/mol. The second-order valence-corrected chi connectivity index (χ2v) is 10.3. The molecule has 5 rings (SSSR count). The molecular formula is C32H34N4O4. The van der Waals surface area contributed by atoms with E-state index in [2.05, 4.69) is 22.8 Å². The lowest BCUT2D eigenvalue weighted by molar-refractivity contribution is 0.0697. The van der Waals surface area contributed by atoms with Crippen LogP contribution in [0.4, 0.5) is 10.6 Å². The Bertz CT molecular complexity index is 1450. The Labute approximate surface area is 234 Å². The second-order valence-electron chi connectivity index (χ2n) is 10.3. The number of urea groups is 1. The predicted molar refractivity (Wildman–Crippen MR) is 155 cm³/mol. The Balaban J connectivity index is 1.42. The van der Waals surface area contributed by atoms with Gasteiger partial charge in [-0.05, 0) is 61.9 Å². The van der Waals surface area contributed by atoms with E-state index in [1.54, 1.807) is 36.1 Å². The monoisotopic (exact) mass is 538 g/mol. The normalized spacial score (nSPS) is 18.4. The zero-order valence-corrected chi connectivity index (χ0v) is 22.7. The molecule has 1 unspecified atom stereocenters. The predicted octanol–water partition coefficient (Wildman–Crippen LogP) is 6.27. The number of hydrogen-bond acceptors (Lipinski definition) is 4. The van der Waals surface area contributed by atoms with Crippen LogP contribution in [0.2, 0.25) is 0 Å². The molecule has 1 saturated carbocycles. The number of amides is 2. The SMILES string of the molecule is COCCC1C[C@@H](NC(=O)Nc2c(C)c(-c3ccc(C(=O)O)cc3)nn2-c2ccccc2)[C@H](c2ccccc2)C1. The molecule has 1 fully saturated rings. The summed E-state index contributed by atoms with van der Waals surface area (Å²) in [6.07, 6.45) is 2.84. The van der Waals surface area contributed by atoms with E-state index in [1.165, 1.54) is 5.56 Å². The molecule has 40 heavy (non-hydrogen) atoms. The fourth-order valence-corrected chi connectivity index (χ4v) is 5.65. The number of carboxylic acids is 1. The van der Waals surface area contributed by atoms with Crippen molar-refractivity contribution >= 4 is 17.8 Å². The third-order valence-corrected chi connectivity index (χ3v) is 7.69. The minimum atomic E-state index is -0.984. The van der Waals surface area contributed by atoms with E-state index in [-0.39, 0.29) is 23.6 Å². The Hall–Kier alpha value is -4.43. The van der Waals surface area contributed by atoms with E-state index in [1.807, 2.05) is 55.5 Å². The number of hydrogen-bond donors (Lipinski definition) is 3. The summed E-state index contributed by atoms with van der Waals surface area (Å²) in [4.78, 5) is 24.8. The molecule has 1 aliphatic rings. The first kappa shape index (κ1) is 27.1. The van der Waals surface area contributed by atoms with Crippen molar-refractivity contribution < 1.29 is 19.4 Å². The number of carboxylic acid groups (broad SMARTS) is 1. The number of aromatic nitrogens is 2. The van der Waals surface area contributed by atoms with Crippen molar-refractivity contribution in [3.05, 3.63) is 102 Å². The Kier molecular flexibility index (Phi) is 8.26. The lowest BCUT2D eigenvalue weighted by Gasteiger charge is -2.22. The average Bonchev–Trinajstić information content (AvgIpc) is 3.53. The van der Waals surface area contributed by atoms with Crippen molar-refractivity contribution in [2.45, 2.75) is 38.1 Å². The van der Waals surface area contributed by atoms with Crippen molar-refractivity contribution in [3.63, 3.8) is 0 Å². The van der Waals surface area contributed by atoms with Crippen LogP contribution in [0, 0.1) is 12.8 Å². The molecule has 1 aromatic heterocycles. The van der Waals surface area contributed by atoms with Gasteiger partial charge in [-0.1, -0.05) is 60.7 Å². The number of aromatic carboxylic acids is 1. The van der Waals surface area contributed by atoms with Crippen molar-refractivity contribution in [2.24, 2.45) is 5.92 Å². The van der Waals surface area contributed by atoms with Gasteiger partial charge in [0.2, 0.25) is 0 Å². The summed E-state index contributed by atoms with van der Waals surface area (Å²) < 4.78 is 7.05. The molecular weight excluding hydrogens is 504 g/mol. The zero-order valence-electron chi connectivity index (χ0n) is 22.7. The van der Waals surface area contributed by atoms with Crippen LogP contribution in [-0.2, 0) is 4.74 Å². The fourth-order valence-electron chi connectivity index (χ4n) is 5.65. The maximum Gasteiger partial charge on any atom is 0.335 e.